The third-order valence-electron chi connectivity index (χ3n) is 2.92. The molecule has 0 aromatic carbocycles. The van der Waals surface area contributed by atoms with Gasteiger partial charge >= 0.3 is 12.0 Å². The van der Waals surface area contributed by atoms with E-state index in [1.807, 2.05) is 12.1 Å². The number of rotatable bonds is 6. The van der Waals surface area contributed by atoms with Crippen molar-refractivity contribution in [2.75, 3.05) is 0 Å². The monoisotopic (exact) mass is 312 g/mol. The lowest BCUT2D eigenvalue weighted by Crippen LogP contribution is -2.41. The molecule has 0 aliphatic carbocycles. The standard InChI is InChI=1S/C14H20N2O4S/c1-4-9-5-6-10(21-9)8-15-13(20)16-11(17)7-14(2,3)12(18)19/h5-6H,4,7-8H2,1-3H3,(H,18,19)(H2,15,16,17,20). The quantitative estimate of drug-likeness (QED) is 0.750. The first-order chi connectivity index (χ1) is 9.74. The van der Waals surface area contributed by atoms with Crippen LogP contribution in [0.25, 0.3) is 0 Å². The molecule has 0 spiro atoms. The molecule has 0 aliphatic rings. The number of aryl methyl sites for hydroxylation is 1. The summed E-state index contributed by atoms with van der Waals surface area (Å²) in [5, 5.41) is 13.6. The second-order valence-electron chi connectivity index (χ2n) is 5.32. The van der Waals surface area contributed by atoms with Gasteiger partial charge in [0.1, 0.15) is 0 Å². The summed E-state index contributed by atoms with van der Waals surface area (Å²) in [5.74, 6) is -1.69. The molecule has 0 atom stereocenters. The van der Waals surface area contributed by atoms with Crippen molar-refractivity contribution in [2.24, 2.45) is 5.41 Å². The number of nitrogens with one attached hydrogen (secondary N) is 2. The molecule has 6 nitrogen and oxygen atoms in total. The highest BCUT2D eigenvalue weighted by atomic mass is 32.1. The van der Waals surface area contributed by atoms with Crippen LogP contribution in [0.5, 0.6) is 0 Å². The second-order valence-corrected chi connectivity index (χ2v) is 6.57. The van der Waals surface area contributed by atoms with E-state index < -0.39 is 23.3 Å². The summed E-state index contributed by atoms with van der Waals surface area (Å²) in [7, 11) is 0. The molecule has 0 aliphatic heterocycles. The number of amides is 3. The number of carboxylic acids is 1. The lowest BCUT2D eigenvalue weighted by molar-refractivity contribution is -0.149. The summed E-state index contributed by atoms with van der Waals surface area (Å²) in [5.41, 5.74) is -1.20. The zero-order valence-corrected chi connectivity index (χ0v) is 13.2. The van der Waals surface area contributed by atoms with Gasteiger partial charge in [0.2, 0.25) is 5.91 Å². The molecule has 1 rings (SSSR count). The zero-order chi connectivity index (χ0) is 16.0. The summed E-state index contributed by atoms with van der Waals surface area (Å²) in [4.78, 5) is 36.3. The molecule has 0 unspecified atom stereocenters. The fraction of sp³-hybridized carbons (Fsp3) is 0.500. The maximum Gasteiger partial charge on any atom is 0.321 e. The number of hydrogen-bond donors (Lipinski definition) is 3. The van der Waals surface area contributed by atoms with E-state index in [0.29, 0.717) is 6.54 Å². The van der Waals surface area contributed by atoms with Gasteiger partial charge < -0.3 is 10.4 Å². The molecule has 0 saturated carbocycles. The van der Waals surface area contributed by atoms with Gasteiger partial charge in [-0.15, -0.1) is 11.3 Å². The number of thiophene rings is 1. The first-order valence-corrected chi connectivity index (χ1v) is 7.45. The number of carboxylic acid groups (broad SMARTS) is 1. The SMILES string of the molecule is CCc1ccc(CNC(=O)NC(=O)CC(C)(C)C(=O)O)s1. The molecule has 3 amide bonds. The van der Waals surface area contributed by atoms with Crippen LogP contribution in [0, 0.1) is 5.41 Å². The van der Waals surface area contributed by atoms with E-state index in [1.165, 1.54) is 18.7 Å². The molecule has 1 heterocycles. The molecule has 3 N–H and O–H groups in total. The highest BCUT2D eigenvalue weighted by Crippen LogP contribution is 2.20. The van der Waals surface area contributed by atoms with Crippen molar-refractivity contribution in [3.63, 3.8) is 0 Å². The van der Waals surface area contributed by atoms with Crippen molar-refractivity contribution in [1.82, 2.24) is 10.6 Å². The molecule has 1 aromatic rings. The molecule has 7 heteroatoms. The largest absolute Gasteiger partial charge is 0.481 e. The molecule has 116 valence electrons. The van der Waals surface area contributed by atoms with Crippen LogP contribution in [-0.2, 0) is 22.6 Å². The maximum absolute atomic E-state index is 11.6. The molecular formula is C14H20N2O4S. The van der Waals surface area contributed by atoms with E-state index in [0.717, 1.165) is 11.3 Å². The fourth-order valence-electron chi connectivity index (χ4n) is 1.57. The van der Waals surface area contributed by atoms with Gasteiger partial charge in [0, 0.05) is 16.2 Å². The van der Waals surface area contributed by atoms with Crippen LogP contribution < -0.4 is 10.6 Å². The molecular weight excluding hydrogens is 292 g/mol. The van der Waals surface area contributed by atoms with Crippen LogP contribution in [0.15, 0.2) is 12.1 Å². The molecule has 21 heavy (non-hydrogen) atoms. The second kappa shape index (κ2) is 7.21. The van der Waals surface area contributed by atoms with Gasteiger partial charge in [-0.2, -0.15) is 0 Å². The van der Waals surface area contributed by atoms with Crippen molar-refractivity contribution in [1.29, 1.82) is 0 Å². The van der Waals surface area contributed by atoms with E-state index in [-0.39, 0.29) is 6.42 Å². The van der Waals surface area contributed by atoms with Crippen LogP contribution in [0.2, 0.25) is 0 Å². The molecule has 0 fully saturated rings. The van der Waals surface area contributed by atoms with Crippen molar-refractivity contribution in [3.05, 3.63) is 21.9 Å². The van der Waals surface area contributed by atoms with Crippen molar-refractivity contribution in [2.45, 2.75) is 40.2 Å². The average molecular weight is 312 g/mol. The van der Waals surface area contributed by atoms with Crippen LogP contribution in [0.1, 0.15) is 36.9 Å². The minimum Gasteiger partial charge on any atom is -0.481 e. The maximum atomic E-state index is 11.6. The van der Waals surface area contributed by atoms with Crippen molar-refractivity contribution in [3.8, 4) is 0 Å². The van der Waals surface area contributed by atoms with E-state index in [9.17, 15) is 14.4 Å². The Morgan fingerprint density at radius 1 is 1.24 bits per heavy atom. The van der Waals surface area contributed by atoms with Gasteiger partial charge in [0.05, 0.1) is 12.0 Å². The topological polar surface area (TPSA) is 95.5 Å². The molecule has 0 saturated heterocycles. The summed E-state index contributed by atoms with van der Waals surface area (Å²) < 4.78 is 0. The Kier molecular flexibility index (Phi) is 5.90. The smallest absolute Gasteiger partial charge is 0.321 e. The molecule has 0 bridgehead atoms. The Morgan fingerprint density at radius 2 is 1.86 bits per heavy atom. The molecule has 0 radical (unpaired) electrons. The normalized spacial score (nSPS) is 11.0. The van der Waals surface area contributed by atoms with Gasteiger partial charge in [-0.25, -0.2) is 4.79 Å². The first kappa shape index (κ1) is 17.2. The highest BCUT2D eigenvalue weighted by molar-refractivity contribution is 7.11. The fourth-order valence-corrected chi connectivity index (χ4v) is 2.46. The summed E-state index contributed by atoms with van der Waals surface area (Å²) in [6.07, 6.45) is 0.689. The Labute approximate surface area is 127 Å². The van der Waals surface area contributed by atoms with Gasteiger partial charge in [-0.3, -0.25) is 14.9 Å². The van der Waals surface area contributed by atoms with Crippen LogP contribution in [0.3, 0.4) is 0 Å². The number of carbonyl (C=O) groups excluding carboxylic acids is 2. The summed E-state index contributed by atoms with van der Waals surface area (Å²) in [6.45, 7) is 5.26. The van der Waals surface area contributed by atoms with Crippen LogP contribution in [0.4, 0.5) is 4.79 Å². The number of aliphatic carboxylic acids is 1. The lowest BCUT2D eigenvalue weighted by Gasteiger charge is -2.17. The first-order valence-electron chi connectivity index (χ1n) is 6.63. The van der Waals surface area contributed by atoms with Crippen molar-refractivity contribution >= 4 is 29.2 Å². The highest BCUT2D eigenvalue weighted by Gasteiger charge is 2.30. The van der Waals surface area contributed by atoms with E-state index >= 15 is 0 Å². The van der Waals surface area contributed by atoms with Gasteiger partial charge in [-0.05, 0) is 32.4 Å². The number of imide groups is 1. The summed E-state index contributed by atoms with van der Waals surface area (Å²) >= 11 is 1.60. The van der Waals surface area contributed by atoms with Gasteiger partial charge in [0.25, 0.3) is 0 Å². The van der Waals surface area contributed by atoms with Gasteiger partial charge in [-0.1, -0.05) is 6.92 Å². The van der Waals surface area contributed by atoms with Crippen molar-refractivity contribution < 1.29 is 19.5 Å². The third-order valence-corrected chi connectivity index (χ3v) is 4.15. The number of urea groups is 1. The average Bonchev–Trinajstić information content (AvgIpc) is 2.83. The van der Waals surface area contributed by atoms with E-state index in [4.69, 9.17) is 5.11 Å². The van der Waals surface area contributed by atoms with Gasteiger partial charge in [0.15, 0.2) is 0 Å². The number of hydrogen-bond acceptors (Lipinski definition) is 4. The zero-order valence-electron chi connectivity index (χ0n) is 12.4. The Hall–Kier alpha value is -1.89. The minimum atomic E-state index is -1.20. The Morgan fingerprint density at radius 3 is 2.38 bits per heavy atom. The number of carbonyl (C=O) groups is 3. The van der Waals surface area contributed by atoms with E-state index in [1.54, 1.807) is 11.3 Å². The van der Waals surface area contributed by atoms with E-state index in [2.05, 4.69) is 17.6 Å². The Balaban J connectivity index is 2.39. The lowest BCUT2D eigenvalue weighted by atomic mass is 9.89. The summed E-state index contributed by atoms with van der Waals surface area (Å²) in [6, 6.07) is 3.31. The molecule has 1 aromatic heterocycles. The van der Waals surface area contributed by atoms with Crippen LogP contribution in [-0.4, -0.2) is 23.0 Å². The van der Waals surface area contributed by atoms with Crippen LogP contribution >= 0.6 is 11.3 Å². The Bertz CT molecular complexity index is 537. The predicted molar refractivity (Wildman–Crippen MR) is 80.1 cm³/mol. The minimum absolute atomic E-state index is 0.255. The third kappa shape index (κ3) is 5.55. The predicted octanol–water partition coefficient (Wildman–Crippen LogP) is 2.14.